The number of nitrogens with zero attached hydrogens (tertiary/aromatic N) is 6. The van der Waals surface area contributed by atoms with Crippen molar-refractivity contribution < 1.29 is 14.3 Å². The number of likely N-dealkylation sites (N-methyl/N-ethyl adjacent to an activating group) is 1. The Balaban J connectivity index is 1.56. The van der Waals surface area contributed by atoms with Crippen LogP contribution in [0.25, 0.3) is 11.3 Å². The highest BCUT2D eigenvalue weighted by Gasteiger charge is 2.38. The Morgan fingerprint density at radius 3 is 2.69 bits per heavy atom. The van der Waals surface area contributed by atoms with Crippen LogP contribution in [-0.2, 0) is 15.1 Å². The number of aromatic nitrogens is 2. The molecule has 5 rings (SSSR count). The minimum atomic E-state index is -0.964. The first-order valence-electron chi connectivity index (χ1n) is 11.7. The van der Waals surface area contributed by atoms with Crippen molar-refractivity contribution in [2.45, 2.75) is 25.8 Å². The minimum absolute atomic E-state index is 0.0277. The van der Waals surface area contributed by atoms with Gasteiger partial charge in [0.25, 0.3) is 5.91 Å². The normalized spacial score (nSPS) is 17.4. The van der Waals surface area contributed by atoms with Crippen LogP contribution in [-0.4, -0.2) is 76.5 Å². The first-order chi connectivity index (χ1) is 17.2. The van der Waals surface area contributed by atoms with Crippen LogP contribution in [0.2, 0.25) is 5.02 Å². The highest BCUT2D eigenvalue weighted by molar-refractivity contribution is 6.31. The molecule has 4 heterocycles. The van der Waals surface area contributed by atoms with E-state index in [2.05, 4.69) is 10.3 Å². The zero-order chi connectivity index (χ0) is 25.6. The molecule has 0 aliphatic carbocycles. The number of methoxy groups -OCH3 is 1. The van der Waals surface area contributed by atoms with Gasteiger partial charge in [-0.1, -0.05) is 11.6 Å². The number of hydrogen-bond acceptors (Lipinski definition) is 7. The van der Waals surface area contributed by atoms with Gasteiger partial charge in [-0.2, -0.15) is 5.10 Å². The maximum atomic E-state index is 13.5. The van der Waals surface area contributed by atoms with Crippen molar-refractivity contribution in [3.8, 4) is 17.0 Å². The van der Waals surface area contributed by atoms with E-state index >= 15 is 0 Å². The van der Waals surface area contributed by atoms with Crippen LogP contribution in [0.3, 0.4) is 0 Å². The van der Waals surface area contributed by atoms with Crippen molar-refractivity contribution in [2.75, 3.05) is 39.1 Å². The molecular formula is C25H28ClN7O3. The number of likely N-dealkylation sites (tertiary alicyclic amines) is 1. The van der Waals surface area contributed by atoms with Crippen LogP contribution < -0.4 is 10.1 Å². The summed E-state index contributed by atoms with van der Waals surface area (Å²) in [5.74, 6) is 0.781. The molecule has 0 radical (unpaired) electrons. The number of anilines is 1. The van der Waals surface area contributed by atoms with E-state index in [1.807, 2.05) is 48.1 Å². The summed E-state index contributed by atoms with van der Waals surface area (Å²) in [4.78, 5) is 32.9. The summed E-state index contributed by atoms with van der Waals surface area (Å²) in [6.45, 7) is 5.51. The molecule has 10 nitrogen and oxygen atoms in total. The predicted molar refractivity (Wildman–Crippen MR) is 138 cm³/mol. The number of benzene rings is 1. The first kappa shape index (κ1) is 24.1. The fourth-order valence-corrected chi connectivity index (χ4v) is 4.59. The van der Waals surface area contributed by atoms with Crippen molar-refractivity contribution in [1.82, 2.24) is 24.7 Å². The van der Waals surface area contributed by atoms with Gasteiger partial charge in [-0.3, -0.25) is 19.3 Å². The van der Waals surface area contributed by atoms with Crippen LogP contribution in [0.4, 0.5) is 5.69 Å². The molecule has 1 aromatic heterocycles. The molecule has 1 saturated heterocycles. The quantitative estimate of drug-likeness (QED) is 0.643. The number of ether oxygens (including phenoxy) is 1. The van der Waals surface area contributed by atoms with E-state index in [1.54, 1.807) is 42.4 Å². The van der Waals surface area contributed by atoms with Crippen molar-refractivity contribution in [1.29, 1.82) is 0 Å². The highest BCUT2D eigenvalue weighted by Crippen LogP contribution is 2.38. The Morgan fingerprint density at radius 2 is 2.00 bits per heavy atom. The minimum Gasteiger partial charge on any atom is -0.496 e. The topological polar surface area (TPSA) is 95.3 Å². The summed E-state index contributed by atoms with van der Waals surface area (Å²) in [5.41, 5.74) is 1.05. The van der Waals surface area contributed by atoms with Gasteiger partial charge in [0.15, 0.2) is 5.82 Å². The van der Waals surface area contributed by atoms with E-state index in [-0.39, 0.29) is 11.8 Å². The van der Waals surface area contributed by atoms with E-state index in [9.17, 15) is 9.59 Å². The molecule has 3 aliphatic heterocycles. The molecule has 11 heteroatoms. The number of allylic oxidation sites excluding steroid dienone is 1. The van der Waals surface area contributed by atoms with E-state index in [0.29, 0.717) is 45.7 Å². The molecular weight excluding hydrogens is 482 g/mol. The smallest absolute Gasteiger partial charge is 0.256 e. The molecule has 1 N–H and O–H groups in total. The van der Waals surface area contributed by atoms with Gasteiger partial charge in [-0.25, -0.2) is 10.0 Å². The van der Waals surface area contributed by atoms with Gasteiger partial charge in [0.2, 0.25) is 5.91 Å². The van der Waals surface area contributed by atoms with Crippen LogP contribution in [0, 0.1) is 0 Å². The molecule has 1 fully saturated rings. The Kier molecular flexibility index (Phi) is 6.09. The summed E-state index contributed by atoms with van der Waals surface area (Å²) in [6.07, 6.45) is 8.01. The van der Waals surface area contributed by atoms with Crippen molar-refractivity contribution in [3.05, 3.63) is 53.1 Å². The third-order valence-corrected chi connectivity index (χ3v) is 6.88. The van der Waals surface area contributed by atoms with E-state index in [1.165, 1.54) is 0 Å². The summed E-state index contributed by atoms with van der Waals surface area (Å²) in [6, 6.07) is 5.20. The maximum absolute atomic E-state index is 13.5. The predicted octanol–water partition coefficient (Wildman–Crippen LogP) is 3.09. The van der Waals surface area contributed by atoms with Gasteiger partial charge < -0.3 is 15.0 Å². The number of amides is 2. The largest absolute Gasteiger partial charge is 0.496 e. The Morgan fingerprint density at radius 1 is 1.22 bits per heavy atom. The van der Waals surface area contributed by atoms with Crippen molar-refractivity contribution in [2.24, 2.45) is 4.99 Å². The third kappa shape index (κ3) is 4.06. The number of carbonyl (C=O) groups excluding carboxylic acids is 2. The molecule has 36 heavy (non-hydrogen) atoms. The Bertz CT molecular complexity index is 1320. The average molecular weight is 510 g/mol. The number of halogens is 1. The molecule has 0 bridgehead atoms. The Hall–Kier alpha value is -3.63. The number of carbonyl (C=O) groups is 2. The van der Waals surface area contributed by atoms with Gasteiger partial charge in [-0.15, -0.1) is 0 Å². The summed E-state index contributed by atoms with van der Waals surface area (Å²) >= 11 is 6.31. The second-order valence-corrected chi connectivity index (χ2v) is 9.86. The molecule has 1 aromatic carbocycles. The molecule has 2 aromatic rings. The SMILES string of the molecule is COc1ccc(Cl)cc1-c1nn(C(C)(C)C(=O)N2CCC2)cc1NC(=O)C1=C2N=CC=CN2N(C)C1. The van der Waals surface area contributed by atoms with Gasteiger partial charge in [-0.05, 0) is 44.5 Å². The zero-order valence-electron chi connectivity index (χ0n) is 20.7. The lowest BCUT2D eigenvalue weighted by Crippen LogP contribution is -2.52. The zero-order valence-corrected chi connectivity index (χ0v) is 21.4. The fraction of sp³-hybridized carbons (Fsp3) is 0.360. The first-order valence-corrected chi connectivity index (χ1v) is 12.1. The van der Waals surface area contributed by atoms with E-state index < -0.39 is 5.54 Å². The maximum Gasteiger partial charge on any atom is 0.256 e. The lowest BCUT2D eigenvalue weighted by atomic mass is 10.0. The monoisotopic (exact) mass is 509 g/mol. The Labute approximate surface area is 214 Å². The van der Waals surface area contributed by atoms with Crippen molar-refractivity contribution in [3.63, 3.8) is 0 Å². The van der Waals surface area contributed by atoms with Gasteiger partial charge in [0, 0.05) is 43.1 Å². The van der Waals surface area contributed by atoms with E-state index in [4.69, 9.17) is 21.4 Å². The highest BCUT2D eigenvalue weighted by atomic mass is 35.5. The van der Waals surface area contributed by atoms with Crippen LogP contribution in [0.5, 0.6) is 5.75 Å². The summed E-state index contributed by atoms with van der Waals surface area (Å²) in [5, 5.41) is 12.0. The van der Waals surface area contributed by atoms with Crippen molar-refractivity contribution >= 4 is 35.3 Å². The average Bonchev–Trinajstić information content (AvgIpc) is 3.40. The summed E-state index contributed by atoms with van der Waals surface area (Å²) in [7, 11) is 3.44. The fourth-order valence-electron chi connectivity index (χ4n) is 4.42. The van der Waals surface area contributed by atoms with Gasteiger partial charge in [0.1, 0.15) is 17.0 Å². The lowest BCUT2D eigenvalue weighted by Gasteiger charge is -2.37. The number of aliphatic imine (C=N–C) groups is 1. The van der Waals surface area contributed by atoms with E-state index in [0.717, 1.165) is 19.5 Å². The molecule has 0 saturated carbocycles. The second kappa shape index (κ2) is 9.11. The standard InChI is InChI=1S/C25H28ClN7O3/c1-25(2,24(35)31-10-6-11-31)33-15-19(21(29-33)17-13-16(26)7-8-20(17)36-4)28-23(34)18-14-30(3)32-12-5-9-27-22(18)32/h5,7-9,12-13,15H,6,10-11,14H2,1-4H3,(H,28,34). The molecule has 3 aliphatic rings. The molecule has 188 valence electrons. The molecule has 0 unspecified atom stereocenters. The lowest BCUT2D eigenvalue weighted by molar-refractivity contribution is -0.143. The number of fused-ring (bicyclic) bond motifs is 1. The van der Waals surface area contributed by atoms with Crippen LogP contribution in [0.1, 0.15) is 20.3 Å². The number of rotatable bonds is 6. The van der Waals surface area contributed by atoms with Crippen LogP contribution in [0.15, 0.2) is 53.1 Å². The second-order valence-electron chi connectivity index (χ2n) is 9.42. The molecule has 0 spiro atoms. The molecule has 2 amide bonds. The van der Waals surface area contributed by atoms with Gasteiger partial charge in [0.05, 0.1) is 31.1 Å². The van der Waals surface area contributed by atoms with Gasteiger partial charge >= 0.3 is 0 Å². The number of nitrogens with one attached hydrogen (secondary N) is 1. The third-order valence-electron chi connectivity index (χ3n) is 6.64. The van der Waals surface area contributed by atoms with Crippen LogP contribution >= 0.6 is 11.6 Å². The number of hydrogen-bond donors (Lipinski definition) is 1. The molecule has 0 atom stereocenters. The number of hydrazine groups is 1. The summed E-state index contributed by atoms with van der Waals surface area (Å²) < 4.78 is 7.16.